The van der Waals surface area contributed by atoms with Gasteiger partial charge in [0.2, 0.25) is 5.95 Å². The van der Waals surface area contributed by atoms with Gasteiger partial charge in [-0.15, -0.1) is 0 Å². The van der Waals surface area contributed by atoms with Crippen molar-refractivity contribution in [2.45, 2.75) is 25.3 Å². The number of nitrogens with zero attached hydrogens (tertiary/aromatic N) is 3. The van der Waals surface area contributed by atoms with Crippen LogP contribution >= 0.6 is 0 Å². The third-order valence-corrected chi connectivity index (χ3v) is 3.74. The second-order valence-corrected chi connectivity index (χ2v) is 4.83. The van der Waals surface area contributed by atoms with E-state index in [-0.39, 0.29) is 0 Å². The van der Waals surface area contributed by atoms with E-state index >= 15 is 0 Å². The number of benzene rings is 1. The average Bonchev–Trinajstić information content (AvgIpc) is 2.47. The van der Waals surface area contributed by atoms with Gasteiger partial charge >= 0.3 is 0 Å². The summed E-state index contributed by atoms with van der Waals surface area (Å²) in [5.74, 6) is 0.821. The molecule has 3 nitrogen and oxygen atoms in total. The van der Waals surface area contributed by atoms with Crippen molar-refractivity contribution in [2.75, 3.05) is 11.9 Å². The Hall–Kier alpha value is -1.90. The minimum atomic E-state index is 0.502. The Morgan fingerprint density at radius 3 is 2.56 bits per heavy atom. The van der Waals surface area contributed by atoms with Crippen LogP contribution in [0.1, 0.15) is 17.5 Å². The van der Waals surface area contributed by atoms with E-state index in [0.717, 1.165) is 18.8 Å². The third kappa shape index (κ3) is 2.08. The predicted octanol–water partition coefficient (Wildman–Crippen LogP) is 2.47. The van der Waals surface area contributed by atoms with Gasteiger partial charge in [0.05, 0.1) is 0 Å². The van der Waals surface area contributed by atoms with E-state index < -0.39 is 0 Å². The molecule has 92 valence electrons. The molecule has 1 aromatic heterocycles. The van der Waals surface area contributed by atoms with Gasteiger partial charge in [0.25, 0.3) is 0 Å². The molecule has 0 N–H and O–H groups in total. The molecule has 0 saturated heterocycles. The van der Waals surface area contributed by atoms with Crippen molar-refractivity contribution >= 4 is 5.95 Å². The van der Waals surface area contributed by atoms with Crippen LogP contribution in [0.15, 0.2) is 42.7 Å². The zero-order valence-corrected chi connectivity index (χ0v) is 10.6. The highest BCUT2D eigenvalue weighted by molar-refractivity contribution is 5.36. The lowest BCUT2D eigenvalue weighted by molar-refractivity contribution is 0.540. The predicted molar refractivity (Wildman–Crippen MR) is 72.7 cm³/mol. The minimum absolute atomic E-state index is 0.502. The number of hydrogen-bond acceptors (Lipinski definition) is 3. The lowest BCUT2D eigenvalue weighted by Crippen LogP contribution is -2.37. The average molecular weight is 239 g/mol. The monoisotopic (exact) mass is 239 g/mol. The van der Waals surface area contributed by atoms with Crippen molar-refractivity contribution in [3.63, 3.8) is 0 Å². The highest BCUT2D eigenvalue weighted by Crippen LogP contribution is 2.25. The Bertz CT molecular complexity index is 524. The zero-order chi connectivity index (χ0) is 12.4. The maximum absolute atomic E-state index is 4.32. The topological polar surface area (TPSA) is 29.0 Å². The maximum Gasteiger partial charge on any atom is 0.225 e. The van der Waals surface area contributed by atoms with Gasteiger partial charge in [0.15, 0.2) is 0 Å². The summed E-state index contributed by atoms with van der Waals surface area (Å²) in [6.45, 7) is 0. The Morgan fingerprint density at radius 1 is 1.06 bits per heavy atom. The quantitative estimate of drug-likeness (QED) is 0.806. The van der Waals surface area contributed by atoms with E-state index in [1.807, 2.05) is 6.07 Å². The van der Waals surface area contributed by atoms with E-state index in [1.165, 1.54) is 17.5 Å². The van der Waals surface area contributed by atoms with Crippen molar-refractivity contribution in [1.82, 2.24) is 9.97 Å². The summed E-state index contributed by atoms with van der Waals surface area (Å²) in [7, 11) is 2.09. The van der Waals surface area contributed by atoms with Gasteiger partial charge in [0, 0.05) is 25.5 Å². The van der Waals surface area contributed by atoms with E-state index in [1.54, 1.807) is 12.4 Å². The molecule has 0 fully saturated rings. The van der Waals surface area contributed by atoms with Crippen LogP contribution in [0.5, 0.6) is 0 Å². The summed E-state index contributed by atoms with van der Waals surface area (Å²) in [5, 5.41) is 0. The Balaban J connectivity index is 1.80. The fraction of sp³-hybridized carbons (Fsp3) is 0.333. The molecular weight excluding hydrogens is 222 g/mol. The molecule has 3 rings (SSSR count). The molecule has 1 aliphatic rings. The number of hydrogen-bond donors (Lipinski definition) is 0. The Labute approximate surface area is 108 Å². The van der Waals surface area contributed by atoms with Crippen molar-refractivity contribution < 1.29 is 0 Å². The zero-order valence-electron chi connectivity index (χ0n) is 10.6. The van der Waals surface area contributed by atoms with Gasteiger partial charge < -0.3 is 4.90 Å². The molecule has 3 heteroatoms. The molecule has 0 amide bonds. The van der Waals surface area contributed by atoms with Crippen molar-refractivity contribution in [2.24, 2.45) is 0 Å². The Morgan fingerprint density at radius 2 is 1.78 bits per heavy atom. The molecule has 2 aromatic rings. The van der Waals surface area contributed by atoms with E-state index in [9.17, 15) is 0 Å². The summed E-state index contributed by atoms with van der Waals surface area (Å²) in [6, 6.07) is 11.1. The molecule has 0 spiro atoms. The number of likely N-dealkylation sites (N-methyl/N-ethyl adjacent to an activating group) is 1. The molecule has 0 bridgehead atoms. The fourth-order valence-corrected chi connectivity index (χ4v) is 2.65. The van der Waals surface area contributed by atoms with Crippen LogP contribution in [0, 0.1) is 0 Å². The molecule has 18 heavy (non-hydrogen) atoms. The first-order chi connectivity index (χ1) is 8.84. The standard InChI is InChI=1S/C15H17N3/c1-18(15-16-9-4-10-17-15)14-8-7-12-5-2-3-6-13(12)11-14/h2-6,9-10,14H,7-8,11H2,1H3. The summed E-state index contributed by atoms with van der Waals surface area (Å²) < 4.78 is 0. The number of rotatable bonds is 2. The van der Waals surface area contributed by atoms with Crippen LogP contribution in [0.25, 0.3) is 0 Å². The fourth-order valence-electron chi connectivity index (χ4n) is 2.65. The van der Waals surface area contributed by atoms with E-state index in [4.69, 9.17) is 0 Å². The van der Waals surface area contributed by atoms with Crippen LogP contribution in [0.2, 0.25) is 0 Å². The minimum Gasteiger partial charge on any atom is -0.341 e. The van der Waals surface area contributed by atoms with Crippen LogP contribution in [0.3, 0.4) is 0 Å². The van der Waals surface area contributed by atoms with E-state index in [0.29, 0.717) is 6.04 Å². The van der Waals surface area contributed by atoms with Gasteiger partial charge in [-0.3, -0.25) is 0 Å². The molecule has 0 aliphatic heterocycles. The summed E-state index contributed by atoms with van der Waals surface area (Å²) in [5.41, 5.74) is 2.97. The summed E-state index contributed by atoms with van der Waals surface area (Å²) >= 11 is 0. The number of aromatic nitrogens is 2. The van der Waals surface area contributed by atoms with Crippen LogP contribution in [0.4, 0.5) is 5.95 Å². The molecule has 0 radical (unpaired) electrons. The van der Waals surface area contributed by atoms with Crippen LogP contribution < -0.4 is 4.90 Å². The van der Waals surface area contributed by atoms with Crippen molar-refractivity contribution in [3.8, 4) is 0 Å². The SMILES string of the molecule is CN(c1ncccn1)C1CCc2ccccc2C1. The second-order valence-electron chi connectivity index (χ2n) is 4.83. The lowest BCUT2D eigenvalue weighted by atomic mass is 9.88. The first kappa shape index (κ1) is 11.2. The van der Waals surface area contributed by atoms with Crippen LogP contribution in [-0.2, 0) is 12.8 Å². The molecule has 1 unspecified atom stereocenters. The number of anilines is 1. The molecule has 1 atom stereocenters. The first-order valence-corrected chi connectivity index (χ1v) is 6.41. The van der Waals surface area contributed by atoms with Gasteiger partial charge in [0.1, 0.15) is 0 Å². The smallest absolute Gasteiger partial charge is 0.225 e. The normalized spacial score (nSPS) is 18.2. The summed E-state index contributed by atoms with van der Waals surface area (Å²) in [4.78, 5) is 10.9. The number of fused-ring (bicyclic) bond motifs is 1. The molecule has 0 saturated carbocycles. The lowest BCUT2D eigenvalue weighted by Gasteiger charge is -2.32. The highest BCUT2D eigenvalue weighted by Gasteiger charge is 2.22. The molecule has 1 aromatic carbocycles. The second kappa shape index (κ2) is 4.77. The van der Waals surface area contributed by atoms with Crippen LogP contribution in [-0.4, -0.2) is 23.1 Å². The first-order valence-electron chi connectivity index (χ1n) is 6.41. The molecule has 1 aliphatic carbocycles. The van der Waals surface area contributed by atoms with Crippen molar-refractivity contribution in [1.29, 1.82) is 0 Å². The van der Waals surface area contributed by atoms with E-state index in [2.05, 4.69) is 46.2 Å². The molecular formula is C15H17N3. The van der Waals surface area contributed by atoms with Crippen molar-refractivity contribution in [3.05, 3.63) is 53.9 Å². The maximum atomic E-state index is 4.32. The Kier molecular flexibility index (Phi) is 2.97. The number of aryl methyl sites for hydroxylation is 1. The van der Waals surface area contributed by atoms with Gasteiger partial charge in [-0.25, -0.2) is 9.97 Å². The highest BCUT2D eigenvalue weighted by atomic mass is 15.2. The summed E-state index contributed by atoms with van der Waals surface area (Å²) in [6.07, 6.45) is 7.01. The molecule has 1 heterocycles. The third-order valence-electron chi connectivity index (χ3n) is 3.74. The van der Waals surface area contributed by atoms with Gasteiger partial charge in [-0.2, -0.15) is 0 Å². The van der Waals surface area contributed by atoms with Gasteiger partial charge in [-0.1, -0.05) is 24.3 Å². The largest absolute Gasteiger partial charge is 0.341 e. The van der Waals surface area contributed by atoms with Gasteiger partial charge in [-0.05, 0) is 36.5 Å².